The van der Waals surface area contributed by atoms with Gasteiger partial charge in [0.05, 0.1) is 11.1 Å². The maximum atomic E-state index is 13.6. The average molecular weight is 543 g/mol. The Balaban J connectivity index is 1.30. The molecule has 2 saturated carbocycles. The van der Waals surface area contributed by atoms with Gasteiger partial charge in [-0.15, -0.1) is 0 Å². The molecule has 0 aromatic heterocycles. The molecule has 0 atom stereocenters. The molecule has 3 heteroatoms. The van der Waals surface area contributed by atoms with Crippen LogP contribution < -0.4 is 0 Å². The number of carbonyl (C=O) groups excluding carboxylic acids is 2. The van der Waals surface area contributed by atoms with Crippen LogP contribution in [0.5, 0.6) is 0 Å². The lowest BCUT2D eigenvalue weighted by atomic mass is 9.80. The minimum Gasteiger partial charge on any atom is -0.386 e. The Labute approximate surface area is 243 Å². The Hall–Kier alpha value is -3.98. The zero-order valence-electron chi connectivity index (χ0n) is 23.7. The van der Waals surface area contributed by atoms with Crippen molar-refractivity contribution < 1.29 is 14.3 Å². The molecule has 0 aliphatic heterocycles. The standard InChI is InChI=1S/C38H38O3/c39-37(35-25-13-11-23-33(35)31-21-9-7-19-29(31)27-15-3-1-4-16-27)41-38(40)36-26-14-12-24-34(36)32-22-10-8-20-30(32)28-17-5-2-6-18-28/h7-14,19-28H,1-6,15-18H2. The van der Waals surface area contributed by atoms with E-state index >= 15 is 0 Å². The number of esters is 2. The first-order valence-electron chi connectivity index (χ1n) is 15.3. The van der Waals surface area contributed by atoms with Gasteiger partial charge >= 0.3 is 11.9 Å². The summed E-state index contributed by atoms with van der Waals surface area (Å²) in [5, 5.41) is 0. The molecular weight excluding hydrogens is 504 g/mol. The topological polar surface area (TPSA) is 43.4 Å². The van der Waals surface area contributed by atoms with Crippen molar-refractivity contribution in [3.05, 3.63) is 119 Å². The van der Waals surface area contributed by atoms with E-state index in [0.717, 1.165) is 22.3 Å². The van der Waals surface area contributed by atoms with Gasteiger partial charge in [0.25, 0.3) is 0 Å². The molecule has 41 heavy (non-hydrogen) atoms. The highest BCUT2D eigenvalue weighted by Crippen LogP contribution is 2.40. The van der Waals surface area contributed by atoms with Gasteiger partial charge in [0.1, 0.15) is 0 Å². The van der Waals surface area contributed by atoms with Crippen LogP contribution in [0.15, 0.2) is 97.1 Å². The summed E-state index contributed by atoms with van der Waals surface area (Å²) in [7, 11) is 0. The van der Waals surface area contributed by atoms with Gasteiger partial charge in [-0.2, -0.15) is 0 Å². The SMILES string of the molecule is O=C(OC(=O)c1ccccc1-c1ccccc1C1CCCCC1)c1ccccc1-c1ccccc1C1CCCCC1. The van der Waals surface area contributed by atoms with Crippen LogP contribution in [0.1, 0.15) is 108 Å². The molecule has 2 aliphatic rings. The first kappa shape index (κ1) is 27.2. The van der Waals surface area contributed by atoms with Crippen molar-refractivity contribution in [1.82, 2.24) is 0 Å². The number of benzene rings is 4. The Bertz CT molecular complexity index is 1410. The van der Waals surface area contributed by atoms with Crippen LogP contribution in [-0.4, -0.2) is 11.9 Å². The number of carbonyl (C=O) groups is 2. The van der Waals surface area contributed by atoms with Crippen molar-refractivity contribution in [2.24, 2.45) is 0 Å². The molecule has 6 rings (SSSR count). The molecule has 0 amide bonds. The minimum atomic E-state index is -0.612. The third kappa shape index (κ3) is 5.91. The summed E-state index contributed by atoms with van der Waals surface area (Å²) in [4.78, 5) is 27.3. The van der Waals surface area contributed by atoms with E-state index in [1.807, 2.05) is 48.5 Å². The van der Waals surface area contributed by atoms with Gasteiger partial charge in [-0.1, -0.05) is 123 Å². The predicted molar refractivity (Wildman–Crippen MR) is 165 cm³/mol. The van der Waals surface area contributed by atoms with Crippen LogP contribution in [-0.2, 0) is 4.74 Å². The third-order valence-corrected chi connectivity index (χ3v) is 9.07. The van der Waals surface area contributed by atoms with Crippen LogP contribution in [0.2, 0.25) is 0 Å². The average Bonchev–Trinajstić information content (AvgIpc) is 3.05. The van der Waals surface area contributed by atoms with Crippen molar-refractivity contribution in [3.63, 3.8) is 0 Å². The quantitative estimate of drug-likeness (QED) is 0.180. The molecule has 0 unspecified atom stereocenters. The van der Waals surface area contributed by atoms with Crippen molar-refractivity contribution in [2.45, 2.75) is 76.0 Å². The van der Waals surface area contributed by atoms with Crippen LogP contribution >= 0.6 is 0 Å². The summed E-state index contributed by atoms with van der Waals surface area (Å²) < 4.78 is 5.64. The zero-order valence-corrected chi connectivity index (χ0v) is 23.7. The molecule has 0 spiro atoms. The summed E-state index contributed by atoms with van der Waals surface area (Å²) in [5.41, 5.74) is 7.16. The highest BCUT2D eigenvalue weighted by Gasteiger charge is 2.26. The summed E-state index contributed by atoms with van der Waals surface area (Å²) in [6.07, 6.45) is 12.2. The second-order valence-corrected chi connectivity index (χ2v) is 11.6. The number of hydrogen-bond donors (Lipinski definition) is 0. The summed E-state index contributed by atoms with van der Waals surface area (Å²) in [5.74, 6) is -0.248. The van der Waals surface area contributed by atoms with Crippen LogP contribution in [0.4, 0.5) is 0 Å². The first-order chi connectivity index (χ1) is 20.2. The predicted octanol–water partition coefficient (Wildman–Crippen LogP) is 10.1. The normalized spacial score (nSPS) is 16.3. The van der Waals surface area contributed by atoms with E-state index in [1.165, 1.54) is 75.3 Å². The second kappa shape index (κ2) is 12.7. The molecule has 2 fully saturated rings. The van der Waals surface area contributed by atoms with Gasteiger partial charge in [0.15, 0.2) is 0 Å². The Morgan fingerprint density at radius 1 is 0.439 bits per heavy atom. The van der Waals surface area contributed by atoms with Crippen LogP contribution in [0.25, 0.3) is 22.3 Å². The lowest BCUT2D eigenvalue weighted by molar-refractivity contribution is 0.0399. The maximum Gasteiger partial charge on any atom is 0.346 e. The van der Waals surface area contributed by atoms with Crippen LogP contribution in [0.3, 0.4) is 0 Å². The van der Waals surface area contributed by atoms with E-state index in [4.69, 9.17) is 4.74 Å². The first-order valence-corrected chi connectivity index (χ1v) is 15.3. The Morgan fingerprint density at radius 3 is 1.20 bits per heavy atom. The molecule has 4 aromatic rings. The maximum absolute atomic E-state index is 13.6. The monoisotopic (exact) mass is 542 g/mol. The molecule has 4 aromatic carbocycles. The number of rotatable bonds is 6. The van der Waals surface area contributed by atoms with E-state index in [0.29, 0.717) is 23.0 Å². The van der Waals surface area contributed by atoms with E-state index in [9.17, 15) is 9.59 Å². The van der Waals surface area contributed by atoms with E-state index in [-0.39, 0.29) is 0 Å². The summed E-state index contributed by atoms with van der Waals surface area (Å²) in [6, 6.07) is 31.8. The minimum absolute atomic E-state index is 0.421. The van der Waals surface area contributed by atoms with Crippen molar-refractivity contribution in [3.8, 4) is 22.3 Å². The molecule has 0 radical (unpaired) electrons. The summed E-state index contributed by atoms with van der Waals surface area (Å²) in [6.45, 7) is 0. The number of ether oxygens (including phenoxy) is 1. The van der Waals surface area contributed by atoms with Gasteiger partial charge in [-0.25, -0.2) is 9.59 Å². The second-order valence-electron chi connectivity index (χ2n) is 11.6. The lowest BCUT2D eigenvalue weighted by Crippen LogP contribution is -2.15. The molecule has 0 heterocycles. The van der Waals surface area contributed by atoms with Gasteiger partial charge in [-0.3, -0.25) is 0 Å². The molecule has 0 N–H and O–H groups in total. The largest absolute Gasteiger partial charge is 0.386 e. The molecule has 0 saturated heterocycles. The fraction of sp³-hybridized carbons (Fsp3) is 0.316. The van der Waals surface area contributed by atoms with Crippen LogP contribution in [0, 0.1) is 0 Å². The lowest BCUT2D eigenvalue weighted by Gasteiger charge is -2.25. The fourth-order valence-corrected chi connectivity index (χ4v) is 7.01. The zero-order chi connectivity index (χ0) is 28.0. The van der Waals surface area contributed by atoms with Gasteiger partial charge < -0.3 is 4.74 Å². The van der Waals surface area contributed by atoms with Gasteiger partial charge in [0.2, 0.25) is 0 Å². The molecule has 208 valence electrons. The molecule has 0 bridgehead atoms. The molecule has 3 nitrogen and oxygen atoms in total. The van der Waals surface area contributed by atoms with Crippen molar-refractivity contribution in [2.75, 3.05) is 0 Å². The van der Waals surface area contributed by atoms with E-state index in [2.05, 4.69) is 36.4 Å². The fourth-order valence-electron chi connectivity index (χ4n) is 7.01. The highest BCUT2D eigenvalue weighted by atomic mass is 16.6. The van der Waals surface area contributed by atoms with Gasteiger partial charge in [0, 0.05) is 0 Å². The van der Waals surface area contributed by atoms with Crippen molar-refractivity contribution >= 4 is 11.9 Å². The Kier molecular flexibility index (Phi) is 8.41. The highest BCUT2D eigenvalue weighted by molar-refractivity contribution is 6.08. The number of hydrogen-bond acceptors (Lipinski definition) is 3. The third-order valence-electron chi connectivity index (χ3n) is 9.07. The van der Waals surface area contributed by atoms with E-state index in [1.54, 1.807) is 12.1 Å². The Morgan fingerprint density at radius 2 is 0.780 bits per heavy atom. The molecule has 2 aliphatic carbocycles. The summed E-state index contributed by atoms with van der Waals surface area (Å²) >= 11 is 0. The van der Waals surface area contributed by atoms with Gasteiger partial charge in [-0.05, 0) is 83.0 Å². The van der Waals surface area contributed by atoms with Crippen molar-refractivity contribution in [1.29, 1.82) is 0 Å². The smallest absolute Gasteiger partial charge is 0.346 e. The van der Waals surface area contributed by atoms with E-state index < -0.39 is 11.9 Å². The molecular formula is C38H38O3.